The lowest BCUT2D eigenvalue weighted by Crippen LogP contribution is -2.55. The first kappa shape index (κ1) is 22.8. The Morgan fingerprint density at radius 2 is 1.56 bits per heavy atom. The Morgan fingerprint density at radius 1 is 1.00 bits per heavy atom. The lowest BCUT2D eigenvalue weighted by Gasteiger charge is -2.20. The molecule has 25 heavy (non-hydrogen) atoms. The number of hydrogen-bond acceptors (Lipinski definition) is 6. The number of carboxylic acid groups (broad SMARTS) is 1. The van der Waals surface area contributed by atoms with Crippen molar-refractivity contribution in [3.63, 3.8) is 0 Å². The molecule has 0 aliphatic heterocycles. The first-order chi connectivity index (χ1) is 11.5. The Bertz CT molecular complexity index is 494. The van der Waals surface area contributed by atoms with Crippen LogP contribution < -0.4 is 21.7 Å². The molecule has 10 heteroatoms. The highest BCUT2D eigenvalue weighted by atomic mass is 16.4. The number of carbonyl (C=O) groups excluding carboxylic acids is 3. The molecule has 7 N–H and O–H groups in total. The number of aliphatic carboxylic acids is 1. The van der Waals surface area contributed by atoms with Crippen molar-refractivity contribution < 1.29 is 29.4 Å². The predicted octanol–water partition coefficient (Wildman–Crippen LogP) is -2.07. The van der Waals surface area contributed by atoms with Crippen LogP contribution in [0.1, 0.15) is 34.1 Å². The normalized spacial score (nSPS) is 15.6. The van der Waals surface area contributed by atoms with Crippen LogP contribution >= 0.6 is 0 Å². The third-order valence-corrected chi connectivity index (χ3v) is 3.30. The number of hydrogen-bond donors (Lipinski definition) is 6. The van der Waals surface area contributed by atoms with Gasteiger partial charge < -0.3 is 31.9 Å². The molecular weight excluding hydrogens is 332 g/mol. The van der Waals surface area contributed by atoms with Crippen molar-refractivity contribution in [2.24, 2.45) is 11.7 Å². The number of aliphatic hydroxyl groups is 1. The Balaban J connectivity index is 4.39. The summed E-state index contributed by atoms with van der Waals surface area (Å²) in [6.45, 7) is 6.04. The van der Waals surface area contributed by atoms with Crippen LogP contribution in [0.2, 0.25) is 0 Å². The summed E-state index contributed by atoms with van der Waals surface area (Å²) < 4.78 is 0. The van der Waals surface area contributed by atoms with Gasteiger partial charge in [-0.05, 0) is 26.2 Å². The molecule has 0 rings (SSSR count). The fourth-order valence-corrected chi connectivity index (χ4v) is 1.94. The van der Waals surface area contributed by atoms with E-state index in [4.69, 9.17) is 10.8 Å². The first-order valence-electron chi connectivity index (χ1n) is 7.99. The molecule has 0 saturated heterocycles. The summed E-state index contributed by atoms with van der Waals surface area (Å²) in [6.07, 6.45) is -0.826. The van der Waals surface area contributed by atoms with Crippen molar-refractivity contribution in [2.45, 2.75) is 58.3 Å². The number of carboxylic acids is 1. The van der Waals surface area contributed by atoms with Gasteiger partial charge in [0.05, 0.1) is 18.7 Å². The maximum absolute atomic E-state index is 11.9. The maximum Gasteiger partial charge on any atom is 0.328 e. The third-order valence-electron chi connectivity index (χ3n) is 3.30. The van der Waals surface area contributed by atoms with Gasteiger partial charge in [-0.25, -0.2) is 4.79 Å². The molecule has 0 aromatic heterocycles. The number of carbonyl (C=O) groups is 4. The minimum absolute atomic E-state index is 0.231. The molecule has 0 radical (unpaired) electrons. The van der Waals surface area contributed by atoms with Crippen molar-refractivity contribution in [1.29, 1.82) is 0 Å². The number of nitrogens with two attached hydrogens (primary N) is 1. The molecule has 0 aromatic rings. The molecule has 4 atom stereocenters. The molecule has 144 valence electrons. The van der Waals surface area contributed by atoms with Gasteiger partial charge in [-0.1, -0.05) is 13.8 Å². The van der Waals surface area contributed by atoms with Crippen LogP contribution in [0.3, 0.4) is 0 Å². The summed E-state index contributed by atoms with van der Waals surface area (Å²) in [5.41, 5.74) is 5.68. The largest absolute Gasteiger partial charge is 0.480 e. The van der Waals surface area contributed by atoms with Gasteiger partial charge in [0, 0.05) is 0 Å². The van der Waals surface area contributed by atoms with Gasteiger partial charge in [0.25, 0.3) is 0 Å². The van der Waals surface area contributed by atoms with Crippen LogP contribution in [-0.2, 0) is 19.2 Å². The van der Waals surface area contributed by atoms with Gasteiger partial charge in [0.15, 0.2) is 6.04 Å². The monoisotopic (exact) mass is 360 g/mol. The zero-order valence-corrected chi connectivity index (χ0v) is 14.9. The standard InChI is InChI=1S/C15H28N4O6/c1-7(2)5-10(16)14(23)17-6-11(21)18-8(3)13(22)19-12(9(4)20)15(24)25/h7-10,12,20H,5-6,16H2,1-4H3,(H,17,23)(H,18,21)(H,19,22)(H,24,25). The second-order valence-electron chi connectivity index (χ2n) is 6.31. The highest BCUT2D eigenvalue weighted by Gasteiger charge is 2.27. The second-order valence-corrected chi connectivity index (χ2v) is 6.31. The Kier molecular flexibility index (Phi) is 9.69. The van der Waals surface area contributed by atoms with E-state index in [1.807, 2.05) is 13.8 Å². The molecule has 0 fully saturated rings. The van der Waals surface area contributed by atoms with Crippen LogP contribution in [0, 0.1) is 5.92 Å². The molecule has 0 spiro atoms. The van der Waals surface area contributed by atoms with E-state index >= 15 is 0 Å². The number of nitrogens with one attached hydrogen (secondary N) is 3. The number of amides is 3. The van der Waals surface area contributed by atoms with Crippen molar-refractivity contribution in [1.82, 2.24) is 16.0 Å². The summed E-state index contributed by atoms with van der Waals surface area (Å²) in [5.74, 6) is -3.04. The van der Waals surface area contributed by atoms with E-state index in [9.17, 15) is 24.3 Å². The quantitative estimate of drug-likeness (QED) is 0.260. The molecule has 10 nitrogen and oxygen atoms in total. The fourth-order valence-electron chi connectivity index (χ4n) is 1.94. The van der Waals surface area contributed by atoms with Gasteiger partial charge in [-0.15, -0.1) is 0 Å². The van der Waals surface area contributed by atoms with E-state index in [0.717, 1.165) is 0 Å². The molecule has 4 unspecified atom stereocenters. The van der Waals surface area contributed by atoms with Crippen molar-refractivity contribution in [3.8, 4) is 0 Å². The van der Waals surface area contributed by atoms with Gasteiger partial charge >= 0.3 is 5.97 Å². The average molecular weight is 360 g/mol. The van der Waals surface area contributed by atoms with Gasteiger partial charge in [0.1, 0.15) is 6.04 Å². The minimum atomic E-state index is -1.49. The van der Waals surface area contributed by atoms with Crippen LogP contribution in [0.4, 0.5) is 0 Å². The van der Waals surface area contributed by atoms with E-state index in [-0.39, 0.29) is 12.5 Å². The summed E-state index contributed by atoms with van der Waals surface area (Å²) in [5, 5.41) is 25.0. The smallest absolute Gasteiger partial charge is 0.328 e. The zero-order chi connectivity index (χ0) is 19.7. The second kappa shape index (κ2) is 10.6. The van der Waals surface area contributed by atoms with Gasteiger partial charge in [-0.3, -0.25) is 14.4 Å². The number of rotatable bonds is 10. The lowest BCUT2D eigenvalue weighted by atomic mass is 10.0. The number of aliphatic hydroxyl groups excluding tert-OH is 1. The molecule has 0 aromatic carbocycles. The Labute approximate surface area is 146 Å². The van der Waals surface area contributed by atoms with Crippen LogP contribution in [0.15, 0.2) is 0 Å². The van der Waals surface area contributed by atoms with Gasteiger partial charge in [0.2, 0.25) is 17.7 Å². The summed E-state index contributed by atoms with van der Waals surface area (Å²) in [7, 11) is 0. The summed E-state index contributed by atoms with van der Waals surface area (Å²) >= 11 is 0. The predicted molar refractivity (Wildman–Crippen MR) is 89.3 cm³/mol. The van der Waals surface area contributed by atoms with E-state index in [2.05, 4.69) is 16.0 Å². The van der Waals surface area contributed by atoms with E-state index < -0.39 is 47.9 Å². The average Bonchev–Trinajstić information content (AvgIpc) is 2.48. The first-order valence-corrected chi connectivity index (χ1v) is 7.99. The van der Waals surface area contributed by atoms with Crippen molar-refractivity contribution >= 4 is 23.7 Å². The lowest BCUT2D eigenvalue weighted by molar-refractivity contribution is -0.145. The van der Waals surface area contributed by atoms with Crippen molar-refractivity contribution in [2.75, 3.05) is 6.54 Å². The van der Waals surface area contributed by atoms with E-state index in [1.165, 1.54) is 13.8 Å². The van der Waals surface area contributed by atoms with E-state index in [0.29, 0.717) is 6.42 Å². The van der Waals surface area contributed by atoms with Gasteiger partial charge in [-0.2, -0.15) is 0 Å². The molecule has 0 saturated carbocycles. The topological polar surface area (TPSA) is 171 Å². The molecule has 0 aliphatic carbocycles. The molecular formula is C15H28N4O6. The van der Waals surface area contributed by atoms with Crippen LogP contribution in [0.25, 0.3) is 0 Å². The molecule has 3 amide bonds. The molecule has 0 heterocycles. The maximum atomic E-state index is 11.9. The van der Waals surface area contributed by atoms with Crippen LogP contribution in [0.5, 0.6) is 0 Å². The minimum Gasteiger partial charge on any atom is -0.480 e. The van der Waals surface area contributed by atoms with Crippen LogP contribution in [-0.4, -0.2) is 64.7 Å². The Hall–Kier alpha value is -2.20. The highest BCUT2D eigenvalue weighted by molar-refractivity contribution is 5.92. The SMILES string of the molecule is CC(C)CC(N)C(=O)NCC(=O)NC(C)C(=O)NC(C(=O)O)C(C)O. The fraction of sp³-hybridized carbons (Fsp3) is 0.733. The highest BCUT2D eigenvalue weighted by Crippen LogP contribution is 2.02. The zero-order valence-electron chi connectivity index (χ0n) is 14.9. The third kappa shape index (κ3) is 9.01. The Morgan fingerprint density at radius 3 is 2.00 bits per heavy atom. The van der Waals surface area contributed by atoms with E-state index in [1.54, 1.807) is 0 Å². The summed E-state index contributed by atoms with van der Waals surface area (Å²) in [6, 6.07) is -3.26. The molecule has 0 bridgehead atoms. The molecule has 0 aliphatic rings. The summed E-state index contributed by atoms with van der Waals surface area (Å²) in [4.78, 5) is 46.2. The van der Waals surface area contributed by atoms with Crippen molar-refractivity contribution in [3.05, 3.63) is 0 Å².